The van der Waals surface area contributed by atoms with Crippen molar-refractivity contribution in [2.45, 2.75) is 64.3 Å². The van der Waals surface area contributed by atoms with E-state index in [-0.39, 0.29) is 18.1 Å². The lowest BCUT2D eigenvalue weighted by atomic mass is 9.78. The molecule has 0 radical (unpaired) electrons. The molecule has 2 nitrogen and oxygen atoms in total. The van der Waals surface area contributed by atoms with Gasteiger partial charge in [0.05, 0.1) is 18.3 Å². The molecule has 1 aliphatic heterocycles. The van der Waals surface area contributed by atoms with Gasteiger partial charge in [-0.15, -0.1) is 0 Å². The fourth-order valence-corrected chi connectivity index (χ4v) is 3.77. The lowest BCUT2D eigenvalue weighted by molar-refractivity contribution is 0.0231. The van der Waals surface area contributed by atoms with E-state index in [0.29, 0.717) is 5.92 Å². The number of hydrogen-bond donors (Lipinski definition) is 1. The molecule has 0 spiro atoms. The van der Waals surface area contributed by atoms with Gasteiger partial charge in [-0.1, -0.05) is 37.6 Å². The molecule has 0 aromatic heterocycles. The number of ether oxygens (including phenoxy) is 1. The number of aliphatic hydroxyl groups excluding tert-OH is 1. The summed E-state index contributed by atoms with van der Waals surface area (Å²) in [6.45, 7) is 6.37. The Kier molecular flexibility index (Phi) is 3.87. The Labute approximate surface area is 122 Å². The number of hydrogen-bond acceptors (Lipinski definition) is 2. The van der Waals surface area contributed by atoms with Gasteiger partial charge in [0.25, 0.3) is 0 Å². The average molecular weight is 274 g/mol. The minimum atomic E-state index is -0.416. The zero-order valence-corrected chi connectivity index (χ0v) is 12.8. The van der Waals surface area contributed by atoms with E-state index < -0.39 is 6.10 Å². The van der Waals surface area contributed by atoms with Crippen molar-refractivity contribution in [1.82, 2.24) is 0 Å². The zero-order chi connectivity index (χ0) is 14.3. The highest BCUT2D eigenvalue weighted by atomic mass is 16.5. The van der Waals surface area contributed by atoms with Crippen molar-refractivity contribution >= 4 is 0 Å². The third-order valence-corrected chi connectivity index (χ3v) is 5.54. The van der Waals surface area contributed by atoms with Crippen molar-refractivity contribution in [2.24, 2.45) is 11.8 Å². The summed E-state index contributed by atoms with van der Waals surface area (Å²) in [5, 5.41) is 10.7. The second-order valence-electron chi connectivity index (χ2n) is 6.72. The van der Waals surface area contributed by atoms with Crippen LogP contribution in [0, 0.1) is 11.8 Å². The molecule has 1 aromatic rings. The van der Waals surface area contributed by atoms with E-state index >= 15 is 0 Å². The summed E-state index contributed by atoms with van der Waals surface area (Å²) in [6, 6.07) is 8.63. The van der Waals surface area contributed by atoms with Crippen LogP contribution in [0.25, 0.3) is 0 Å². The molecule has 3 rings (SSSR count). The Morgan fingerprint density at radius 3 is 2.15 bits per heavy atom. The van der Waals surface area contributed by atoms with Gasteiger partial charge in [0.2, 0.25) is 0 Å². The largest absolute Gasteiger partial charge is 0.388 e. The van der Waals surface area contributed by atoms with Crippen LogP contribution in [0.1, 0.15) is 63.2 Å². The van der Waals surface area contributed by atoms with Crippen molar-refractivity contribution in [2.75, 3.05) is 0 Å². The molecule has 5 unspecified atom stereocenters. The second-order valence-corrected chi connectivity index (χ2v) is 6.72. The first kappa shape index (κ1) is 14.1. The smallest absolute Gasteiger partial charge is 0.0846 e. The third-order valence-electron chi connectivity index (χ3n) is 5.54. The van der Waals surface area contributed by atoms with Crippen molar-refractivity contribution in [3.8, 4) is 0 Å². The maximum atomic E-state index is 10.7. The monoisotopic (exact) mass is 274 g/mol. The van der Waals surface area contributed by atoms with Crippen LogP contribution in [0.5, 0.6) is 0 Å². The molecule has 1 saturated carbocycles. The van der Waals surface area contributed by atoms with Gasteiger partial charge < -0.3 is 9.84 Å². The van der Waals surface area contributed by atoms with Crippen LogP contribution >= 0.6 is 0 Å². The number of benzene rings is 1. The topological polar surface area (TPSA) is 29.5 Å². The zero-order valence-electron chi connectivity index (χ0n) is 12.8. The van der Waals surface area contributed by atoms with Gasteiger partial charge in [0, 0.05) is 5.92 Å². The van der Waals surface area contributed by atoms with Gasteiger partial charge in [-0.05, 0) is 49.7 Å². The van der Waals surface area contributed by atoms with Gasteiger partial charge in [-0.3, -0.25) is 0 Å². The SMILES string of the molecule is CC1OC(C)C(C(O)c2ccc(C3CCC3)cc2)C1C. The highest BCUT2D eigenvalue weighted by Crippen LogP contribution is 2.41. The summed E-state index contributed by atoms with van der Waals surface area (Å²) in [7, 11) is 0. The maximum absolute atomic E-state index is 10.7. The molecule has 0 amide bonds. The fourth-order valence-electron chi connectivity index (χ4n) is 3.77. The minimum absolute atomic E-state index is 0.126. The summed E-state index contributed by atoms with van der Waals surface area (Å²) >= 11 is 0. The predicted octanol–water partition coefficient (Wildman–Crippen LogP) is 4.05. The molecular formula is C18H26O2. The van der Waals surface area contributed by atoms with E-state index in [1.165, 1.54) is 24.8 Å². The first-order valence-corrected chi connectivity index (χ1v) is 8.01. The summed E-state index contributed by atoms with van der Waals surface area (Å²) in [5.74, 6) is 1.35. The first-order chi connectivity index (χ1) is 9.58. The van der Waals surface area contributed by atoms with E-state index in [1.807, 2.05) is 0 Å². The Bertz CT molecular complexity index is 449. The van der Waals surface area contributed by atoms with E-state index in [4.69, 9.17) is 4.74 Å². The van der Waals surface area contributed by atoms with E-state index in [1.54, 1.807) is 0 Å². The van der Waals surface area contributed by atoms with Crippen molar-refractivity contribution in [3.63, 3.8) is 0 Å². The van der Waals surface area contributed by atoms with Crippen LogP contribution in [0.3, 0.4) is 0 Å². The van der Waals surface area contributed by atoms with Crippen molar-refractivity contribution in [3.05, 3.63) is 35.4 Å². The summed E-state index contributed by atoms with van der Waals surface area (Å²) in [4.78, 5) is 0. The second kappa shape index (κ2) is 5.50. The maximum Gasteiger partial charge on any atom is 0.0846 e. The molecule has 1 heterocycles. The lowest BCUT2D eigenvalue weighted by Gasteiger charge is -2.27. The molecule has 1 N–H and O–H groups in total. The molecule has 2 heteroatoms. The summed E-state index contributed by atoms with van der Waals surface area (Å²) in [6.07, 6.45) is 3.95. The van der Waals surface area contributed by atoms with Crippen LogP contribution in [-0.4, -0.2) is 17.3 Å². The van der Waals surface area contributed by atoms with Crippen LogP contribution in [0.15, 0.2) is 24.3 Å². The molecule has 1 saturated heterocycles. The number of rotatable bonds is 3. The molecule has 20 heavy (non-hydrogen) atoms. The standard InChI is InChI=1S/C18H26O2/c1-11-12(2)20-13(3)17(11)18(19)16-9-7-15(8-10-16)14-5-4-6-14/h7-14,17-19H,4-6H2,1-3H3. The summed E-state index contributed by atoms with van der Waals surface area (Å²) in [5.41, 5.74) is 2.47. The Hall–Kier alpha value is -0.860. The Morgan fingerprint density at radius 2 is 1.70 bits per heavy atom. The van der Waals surface area contributed by atoms with Crippen LogP contribution in [-0.2, 0) is 4.74 Å². The highest BCUT2D eigenvalue weighted by molar-refractivity contribution is 5.28. The number of aliphatic hydroxyl groups is 1. The van der Waals surface area contributed by atoms with Gasteiger partial charge in [0.1, 0.15) is 0 Å². The van der Waals surface area contributed by atoms with E-state index in [9.17, 15) is 5.11 Å². The third kappa shape index (κ3) is 2.40. The minimum Gasteiger partial charge on any atom is -0.388 e. The average Bonchev–Trinajstić information content (AvgIpc) is 2.61. The van der Waals surface area contributed by atoms with Gasteiger partial charge in [-0.25, -0.2) is 0 Å². The first-order valence-electron chi connectivity index (χ1n) is 8.01. The molecule has 5 atom stereocenters. The van der Waals surface area contributed by atoms with E-state index in [0.717, 1.165) is 11.5 Å². The quantitative estimate of drug-likeness (QED) is 0.901. The van der Waals surface area contributed by atoms with Crippen LogP contribution in [0.2, 0.25) is 0 Å². The molecular weight excluding hydrogens is 248 g/mol. The molecule has 2 aliphatic rings. The van der Waals surface area contributed by atoms with Gasteiger partial charge in [-0.2, -0.15) is 0 Å². The normalized spacial score (nSPS) is 35.8. The fraction of sp³-hybridized carbons (Fsp3) is 0.667. The van der Waals surface area contributed by atoms with E-state index in [2.05, 4.69) is 45.0 Å². The summed E-state index contributed by atoms with van der Waals surface area (Å²) < 4.78 is 5.86. The van der Waals surface area contributed by atoms with Crippen LogP contribution in [0.4, 0.5) is 0 Å². The van der Waals surface area contributed by atoms with Gasteiger partial charge >= 0.3 is 0 Å². The van der Waals surface area contributed by atoms with Gasteiger partial charge in [0.15, 0.2) is 0 Å². The molecule has 0 bridgehead atoms. The Morgan fingerprint density at radius 1 is 1.05 bits per heavy atom. The Balaban J connectivity index is 1.74. The molecule has 1 aliphatic carbocycles. The van der Waals surface area contributed by atoms with Crippen molar-refractivity contribution in [1.29, 1.82) is 0 Å². The lowest BCUT2D eigenvalue weighted by Crippen LogP contribution is -2.25. The molecule has 1 aromatic carbocycles. The van der Waals surface area contributed by atoms with Crippen LogP contribution < -0.4 is 0 Å². The molecule has 2 fully saturated rings. The predicted molar refractivity (Wildman–Crippen MR) is 80.7 cm³/mol. The highest BCUT2D eigenvalue weighted by Gasteiger charge is 2.41. The molecule has 110 valence electrons. The van der Waals surface area contributed by atoms with Crippen molar-refractivity contribution < 1.29 is 9.84 Å².